The summed E-state index contributed by atoms with van der Waals surface area (Å²) in [4.78, 5) is 31.0. The predicted molar refractivity (Wildman–Crippen MR) is 156 cm³/mol. The number of amides is 1. The van der Waals surface area contributed by atoms with Gasteiger partial charge in [0.25, 0.3) is 0 Å². The maximum Gasteiger partial charge on any atom is 0.410 e. The van der Waals surface area contributed by atoms with Gasteiger partial charge in [0.1, 0.15) is 24.8 Å². The lowest BCUT2D eigenvalue weighted by Gasteiger charge is -2.26. The van der Waals surface area contributed by atoms with Crippen LogP contribution in [0.5, 0.6) is 5.75 Å². The number of aromatic nitrogens is 2. The Hall–Kier alpha value is -4.33. The van der Waals surface area contributed by atoms with Crippen molar-refractivity contribution >= 4 is 23.1 Å². The molecule has 1 saturated carbocycles. The van der Waals surface area contributed by atoms with Crippen molar-refractivity contribution in [1.82, 2.24) is 14.5 Å². The van der Waals surface area contributed by atoms with E-state index in [4.69, 9.17) is 14.5 Å². The van der Waals surface area contributed by atoms with E-state index in [0.29, 0.717) is 24.7 Å². The van der Waals surface area contributed by atoms with Crippen LogP contribution in [0.1, 0.15) is 66.9 Å². The number of benzene rings is 3. The largest absolute Gasteiger partial charge is 0.491 e. The van der Waals surface area contributed by atoms with Crippen LogP contribution in [0.2, 0.25) is 0 Å². The first kappa shape index (κ1) is 26.9. The minimum absolute atomic E-state index is 0.0307. The molecule has 0 spiro atoms. The molecule has 1 atom stereocenters. The SMILES string of the molecule is O=C(O)c1ccc2c(c1)nc(-c1ccc(OC[C@H]3CCCN3C(=O)OCc3ccccc3)cc1)n2C1CCCCC1. The Morgan fingerprint density at radius 1 is 0.902 bits per heavy atom. The van der Waals surface area contributed by atoms with E-state index in [-0.39, 0.29) is 24.3 Å². The van der Waals surface area contributed by atoms with E-state index in [9.17, 15) is 14.7 Å². The lowest BCUT2D eigenvalue weighted by Crippen LogP contribution is -2.39. The third-order valence-corrected chi connectivity index (χ3v) is 8.25. The van der Waals surface area contributed by atoms with Crippen LogP contribution in [-0.4, -0.2) is 50.8 Å². The summed E-state index contributed by atoms with van der Waals surface area (Å²) >= 11 is 0. The van der Waals surface area contributed by atoms with Gasteiger partial charge in [-0.25, -0.2) is 14.6 Å². The molecular formula is C33H35N3O5. The molecule has 1 aliphatic carbocycles. The zero-order chi connectivity index (χ0) is 28.2. The van der Waals surface area contributed by atoms with Crippen molar-refractivity contribution < 1.29 is 24.2 Å². The molecule has 212 valence electrons. The predicted octanol–water partition coefficient (Wildman–Crippen LogP) is 7.09. The molecular weight excluding hydrogens is 518 g/mol. The second-order valence-electron chi connectivity index (χ2n) is 11.0. The molecule has 8 nitrogen and oxygen atoms in total. The van der Waals surface area contributed by atoms with E-state index in [2.05, 4.69) is 4.57 Å². The zero-order valence-electron chi connectivity index (χ0n) is 23.1. The van der Waals surface area contributed by atoms with Gasteiger partial charge in [-0.2, -0.15) is 0 Å². The number of carboxylic acid groups (broad SMARTS) is 1. The number of rotatable bonds is 8. The van der Waals surface area contributed by atoms with Crippen molar-refractivity contribution in [3.63, 3.8) is 0 Å². The van der Waals surface area contributed by atoms with Gasteiger partial charge in [-0.1, -0.05) is 49.6 Å². The number of imidazole rings is 1. The number of hydrogen-bond acceptors (Lipinski definition) is 5. The van der Waals surface area contributed by atoms with Crippen molar-refractivity contribution in [3.05, 3.63) is 83.9 Å². The third kappa shape index (κ3) is 5.92. The Kier molecular flexibility index (Phi) is 7.89. The van der Waals surface area contributed by atoms with Crippen molar-refractivity contribution in [2.45, 2.75) is 63.6 Å². The summed E-state index contributed by atoms with van der Waals surface area (Å²) in [6, 6.07) is 23.1. The van der Waals surface area contributed by atoms with Gasteiger partial charge in [0.2, 0.25) is 0 Å². The van der Waals surface area contributed by atoms with Crippen LogP contribution in [0.3, 0.4) is 0 Å². The summed E-state index contributed by atoms with van der Waals surface area (Å²) in [6.07, 6.45) is 7.29. The summed E-state index contributed by atoms with van der Waals surface area (Å²) in [5.74, 6) is 0.628. The number of carboxylic acids is 1. The molecule has 1 aromatic heterocycles. The van der Waals surface area contributed by atoms with E-state index in [1.165, 1.54) is 19.3 Å². The van der Waals surface area contributed by atoms with Gasteiger partial charge in [0.15, 0.2) is 0 Å². The van der Waals surface area contributed by atoms with Crippen molar-refractivity contribution in [2.24, 2.45) is 0 Å². The lowest BCUT2D eigenvalue weighted by molar-refractivity contribution is 0.0696. The molecule has 8 heteroatoms. The fraction of sp³-hybridized carbons (Fsp3) is 0.364. The highest BCUT2D eigenvalue weighted by atomic mass is 16.6. The Morgan fingerprint density at radius 3 is 2.44 bits per heavy atom. The van der Waals surface area contributed by atoms with E-state index < -0.39 is 5.97 Å². The molecule has 1 N–H and O–H groups in total. The summed E-state index contributed by atoms with van der Waals surface area (Å²) in [5, 5.41) is 9.49. The number of nitrogens with zero attached hydrogens (tertiary/aromatic N) is 3. The maximum atomic E-state index is 12.7. The van der Waals surface area contributed by atoms with Gasteiger partial charge < -0.3 is 24.0 Å². The summed E-state index contributed by atoms with van der Waals surface area (Å²) in [7, 11) is 0. The number of hydrogen-bond donors (Lipinski definition) is 1. The zero-order valence-corrected chi connectivity index (χ0v) is 23.1. The highest BCUT2D eigenvalue weighted by molar-refractivity contribution is 5.93. The van der Waals surface area contributed by atoms with Crippen LogP contribution in [0.4, 0.5) is 4.79 Å². The third-order valence-electron chi connectivity index (χ3n) is 8.25. The molecule has 1 saturated heterocycles. The first-order valence-electron chi connectivity index (χ1n) is 14.5. The molecule has 6 rings (SSSR count). The fourth-order valence-corrected chi connectivity index (χ4v) is 6.09. The van der Waals surface area contributed by atoms with E-state index in [1.807, 2.05) is 60.7 Å². The molecule has 2 aliphatic rings. The van der Waals surface area contributed by atoms with Gasteiger partial charge in [-0.05, 0) is 73.7 Å². The minimum atomic E-state index is -0.951. The summed E-state index contributed by atoms with van der Waals surface area (Å²) in [6.45, 7) is 1.33. The van der Waals surface area contributed by atoms with E-state index in [1.54, 1.807) is 17.0 Å². The molecule has 0 radical (unpaired) electrons. The second kappa shape index (κ2) is 12.0. The normalized spacial score (nSPS) is 17.6. The Morgan fingerprint density at radius 2 is 1.68 bits per heavy atom. The number of likely N-dealkylation sites (tertiary alicyclic amines) is 1. The van der Waals surface area contributed by atoms with Crippen LogP contribution in [0, 0.1) is 0 Å². The van der Waals surface area contributed by atoms with Gasteiger partial charge >= 0.3 is 12.1 Å². The Balaban J connectivity index is 1.15. The first-order chi connectivity index (χ1) is 20.1. The van der Waals surface area contributed by atoms with E-state index in [0.717, 1.165) is 53.9 Å². The van der Waals surface area contributed by atoms with Crippen LogP contribution in [0.15, 0.2) is 72.8 Å². The monoisotopic (exact) mass is 553 g/mol. The van der Waals surface area contributed by atoms with Crippen molar-refractivity contribution in [2.75, 3.05) is 13.2 Å². The number of ether oxygens (including phenoxy) is 2. The summed E-state index contributed by atoms with van der Waals surface area (Å²) < 4.78 is 14.0. The average Bonchev–Trinajstić information content (AvgIpc) is 3.64. The second-order valence-corrected chi connectivity index (χ2v) is 11.0. The molecule has 0 unspecified atom stereocenters. The standard InChI is InChI=1S/C33H35N3O5/c37-32(38)25-15-18-30-29(20-25)34-31(36(30)26-10-5-2-6-11-26)24-13-16-28(17-14-24)40-22-27-12-7-19-35(27)33(39)41-21-23-8-3-1-4-9-23/h1,3-4,8-9,13-18,20,26-27H,2,5-7,10-12,19,21-22H2,(H,37,38)/t27-/m1/s1. The van der Waals surface area contributed by atoms with Gasteiger partial charge in [-0.3, -0.25) is 0 Å². The van der Waals surface area contributed by atoms with Crippen LogP contribution in [-0.2, 0) is 11.3 Å². The molecule has 1 amide bonds. The molecule has 3 aromatic carbocycles. The van der Waals surface area contributed by atoms with Gasteiger partial charge in [-0.15, -0.1) is 0 Å². The van der Waals surface area contributed by atoms with Crippen LogP contribution >= 0.6 is 0 Å². The minimum Gasteiger partial charge on any atom is -0.491 e. The maximum absolute atomic E-state index is 12.7. The number of aromatic carboxylic acids is 1. The molecule has 41 heavy (non-hydrogen) atoms. The van der Waals surface area contributed by atoms with Crippen molar-refractivity contribution in [1.29, 1.82) is 0 Å². The molecule has 0 bridgehead atoms. The highest BCUT2D eigenvalue weighted by Crippen LogP contribution is 2.36. The molecule has 2 heterocycles. The molecule has 2 fully saturated rings. The lowest BCUT2D eigenvalue weighted by atomic mass is 9.95. The molecule has 1 aliphatic heterocycles. The molecule has 4 aromatic rings. The Bertz CT molecular complexity index is 1510. The fourth-order valence-electron chi connectivity index (χ4n) is 6.09. The number of fused-ring (bicyclic) bond motifs is 1. The van der Waals surface area contributed by atoms with Crippen LogP contribution < -0.4 is 4.74 Å². The number of carbonyl (C=O) groups excluding carboxylic acids is 1. The first-order valence-corrected chi connectivity index (χ1v) is 14.5. The smallest absolute Gasteiger partial charge is 0.410 e. The quantitative estimate of drug-likeness (QED) is 0.250. The number of carbonyl (C=O) groups is 2. The Labute approximate surface area is 239 Å². The highest BCUT2D eigenvalue weighted by Gasteiger charge is 2.30. The van der Waals surface area contributed by atoms with Crippen LogP contribution in [0.25, 0.3) is 22.4 Å². The topological polar surface area (TPSA) is 93.9 Å². The van der Waals surface area contributed by atoms with Gasteiger partial charge in [0.05, 0.1) is 22.6 Å². The van der Waals surface area contributed by atoms with E-state index >= 15 is 0 Å². The average molecular weight is 554 g/mol. The summed E-state index contributed by atoms with van der Waals surface area (Å²) in [5.41, 5.74) is 3.84. The van der Waals surface area contributed by atoms with Gasteiger partial charge in [0, 0.05) is 18.2 Å². The van der Waals surface area contributed by atoms with Crippen molar-refractivity contribution in [3.8, 4) is 17.1 Å².